The molecule has 0 spiro atoms. The molecule has 0 saturated heterocycles. The first-order valence-corrected chi connectivity index (χ1v) is 6.56. The molecule has 0 unspecified atom stereocenters. The molecular weight excluding hydrogens is 315 g/mol. The summed E-state index contributed by atoms with van der Waals surface area (Å²) < 4.78 is 16.0. The van der Waals surface area contributed by atoms with Crippen molar-refractivity contribution in [2.45, 2.75) is 20.0 Å². The Hall–Kier alpha value is -1.69. The predicted molar refractivity (Wildman–Crippen MR) is 73.8 cm³/mol. The lowest BCUT2D eigenvalue weighted by atomic mass is 10.2. The van der Waals surface area contributed by atoms with Crippen molar-refractivity contribution in [3.63, 3.8) is 0 Å². The zero-order valence-electron chi connectivity index (χ0n) is 10.3. The van der Waals surface area contributed by atoms with Gasteiger partial charge in [0.1, 0.15) is 5.82 Å². The standard InChI is InChI=1S/C13H12BrFN2O2/c1-2-16-6-5-12(18)17(13(16)19)8-9-3-4-11(15)10(14)7-9/h3-7H,2,8H2,1H3. The molecule has 0 radical (unpaired) electrons. The van der Waals surface area contributed by atoms with E-state index in [-0.39, 0.29) is 23.6 Å². The number of aryl methyl sites for hydroxylation is 1. The summed E-state index contributed by atoms with van der Waals surface area (Å²) >= 11 is 3.08. The van der Waals surface area contributed by atoms with Crippen LogP contribution in [-0.4, -0.2) is 9.13 Å². The van der Waals surface area contributed by atoms with Crippen LogP contribution >= 0.6 is 15.9 Å². The summed E-state index contributed by atoms with van der Waals surface area (Å²) in [6, 6.07) is 5.76. The number of nitrogens with zero attached hydrogens (tertiary/aromatic N) is 2. The van der Waals surface area contributed by atoms with Crippen LogP contribution in [0, 0.1) is 5.82 Å². The fourth-order valence-electron chi connectivity index (χ4n) is 1.76. The molecule has 0 aliphatic rings. The van der Waals surface area contributed by atoms with Gasteiger partial charge in [0.25, 0.3) is 5.56 Å². The van der Waals surface area contributed by atoms with Crippen molar-refractivity contribution in [3.05, 3.63) is 67.2 Å². The van der Waals surface area contributed by atoms with Crippen LogP contribution in [-0.2, 0) is 13.1 Å². The molecule has 0 saturated carbocycles. The van der Waals surface area contributed by atoms with Gasteiger partial charge in [0.2, 0.25) is 0 Å². The normalized spacial score (nSPS) is 10.7. The van der Waals surface area contributed by atoms with Gasteiger partial charge in [0.05, 0.1) is 11.0 Å². The van der Waals surface area contributed by atoms with Crippen LogP contribution < -0.4 is 11.2 Å². The Bertz CT molecular complexity index is 721. The Morgan fingerprint density at radius 3 is 2.63 bits per heavy atom. The highest BCUT2D eigenvalue weighted by Gasteiger charge is 2.06. The highest BCUT2D eigenvalue weighted by Crippen LogP contribution is 2.16. The van der Waals surface area contributed by atoms with Crippen molar-refractivity contribution in [1.29, 1.82) is 0 Å². The Kier molecular flexibility index (Phi) is 3.99. The van der Waals surface area contributed by atoms with Crippen LogP contribution in [0.15, 0.2) is 44.5 Å². The van der Waals surface area contributed by atoms with E-state index in [0.717, 1.165) is 4.57 Å². The summed E-state index contributed by atoms with van der Waals surface area (Å²) in [4.78, 5) is 23.7. The van der Waals surface area contributed by atoms with Crippen LogP contribution in [0.5, 0.6) is 0 Å². The van der Waals surface area contributed by atoms with Crippen molar-refractivity contribution in [3.8, 4) is 0 Å². The first-order chi connectivity index (χ1) is 9.02. The predicted octanol–water partition coefficient (Wildman–Crippen LogP) is 1.98. The van der Waals surface area contributed by atoms with E-state index in [4.69, 9.17) is 0 Å². The highest BCUT2D eigenvalue weighted by atomic mass is 79.9. The lowest BCUT2D eigenvalue weighted by Gasteiger charge is -2.08. The van der Waals surface area contributed by atoms with Gasteiger partial charge in [0.15, 0.2) is 0 Å². The molecule has 6 heteroatoms. The molecule has 1 aromatic heterocycles. The average molecular weight is 327 g/mol. The molecule has 2 aromatic rings. The number of aromatic nitrogens is 2. The second-order valence-corrected chi connectivity index (χ2v) is 4.91. The SMILES string of the molecule is CCn1ccc(=O)n(Cc2ccc(F)c(Br)c2)c1=O. The first kappa shape index (κ1) is 13.7. The first-order valence-electron chi connectivity index (χ1n) is 5.77. The van der Waals surface area contributed by atoms with Gasteiger partial charge in [-0.2, -0.15) is 0 Å². The van der Waals surface area contributed by atoms with Gasteiger partial charge < -0.3 is 4.57 Å². The number of benzene rings is 1. The molecule has 4 nitrogen and oxygen atoms in total. The number of hydrogen-bond donors (Lipinski definition) is 0. The van der Waals surface area contributed by atoms with Gasteiger partial charge in [-0.25, -0.2) is 9.18 Å². The van der Waals surface area contributed by atoms with E-state index in [0.29, 0.717) is 16.6 Å². The third-order valence-corrected chi connectivity index (χ3v) is 3.41. The maximum Gasteiger partial charge on any atom is 0.331 e. The summed E-state index contributed by atoms with van der Waals surface area (Å²) in [5, 5.41) is 0. The number of halogens is 2. The zero-order chi connectivity index (χ0) is 14.0. The fraction of sp³-hybridized carbons (Fsp3) is 0.231. The van der Waals surface area contributed by atoms with E-state index in [1.54, 1.807) is 12.1 Å². The van der Waals surface area contributed by atoms with E-state index < -0.39 is 0 Å². The molecule has 0 aliphatic heterocycles. The molecule has 100 valence electrons. The molecule has 0 fully saturated rings. The summed E-state index contributed by atoms with van der Waals surface area (Å²) in [7, 11) is 0. The third-order valence-electron chi connectivity index (χ3n) is 2.81. The summed E-state index contributed by atoms with van der Waals surface area (Å²) in [5.74, 6) is -0.380. The monoisotopic (exact) mass is 326 g/mol. The Morgan fingerprint density at radius 1 is 1.26 bits per heavy atom. The molecule has 0 amide bonds. The van der Waals surface area contributed by atoms with Gasteiger partial charge in [0, 0.05) is 18.8 Å². The molecule has 1 heterocycles. The Balaban J connectivity index is 2.46. The average Bonchev–Trinajstić information content (AvgIpc) is 2.39. The topological polar surface area (TPSA) is 44.0 Å². The number of hydrogen-bond acceptors (Lipinski definition) is 2. The maximum absolute atomic E-state index is 13.1. The van der Waals surface area contributed by atoms with E-state index in [2.05, 4.69) is 15.9 Å². The van der Waals surface area contributed by atoms with Crippen molar-refractivity contribution in [2.24, 2.45) is 0 Å². The van der Waals surface area contributed by atoms with Gasteiger partial charge in [-0.3, -0.25) is 9.36 Å². The van der Waals surface area contributed by atoms with Crippen LogP contribution in [0.3, 0.4) is 0 Å². The summed E-state index contributed by atoms with van der Waals surface area (Å²) in [5.41, 5.74) is -0.0491. The molecule has 2 rings (SSSR count). The van der Waals surface area contributed by atoms with Gasteiger partial charge >= 0.3 is 5.69 Å². The smallest absolute Gasteiger partial charge is 0.301 e. The Morgan fingerprint density at radius 2 is 2.00 bits per heavy atom. The minimum Gasteiger partial charge on any atom is -0.301 e. The van der Waals surface area contributed by atoms with E-state index in [1.807, 2.05) is 6.92 Å². The molecule has 19 heavy (non-hydrogen) atoms. The molecule has 0 atom stereocenters. The second kappa shape index (κ2) is 5.52. The largest absolute Gasteiger partial charge is 0.331 e. The van der Waals surface area contributed by atoms with Crippen LogP contribution in [0.25, 0.3) is 0 Å². The van der Waals surface area contributed by atoms with Crippen LogP contribution in [0.4, 0.5) is 4.39 Å². The summed E-state index contributed by atoms with van der Waals surface area (Å²) in [6.07, 6.45) is 1.47. The lowest BCUT2D eigenvalue weighted by Crippen LogP contribution is -2.38. The van der Waals surface area contributed by atoms with Gasteiger partial charge in [-0.15, -0.1) is 0 Å². The minimum atomic E-state index is -0.380. The van der Waals surface area contributed by atoms with E-state index >= 15 is 0 Å². The maximum atomic E-state index is 13.1. The Labute approximate surface area is 117 Å². The van der Waals surface area contributed by atoms with Gasteiger partial charge in [-0.1, -0.05) is 6.07 Å². The van der Waals surface area contributed by atoms with E-state index in [9.17, 15) is 14.0 Å². The molecule has 1 aromatic carbocycles. The second-order valence-electron chi connectivity index (χ2n) is 4.06. The third kappa shape index (κ3) is 2.84. The highest BCUT2D eigenvalue weighted by molar-refractivity contribution is 9.10. The van der Waals surface area contributed by atoms with Crippen LogP contribution in [0.2, 0.25) is 0 Å². The van der Waals surface area contributed by atoms with Crippen molar-refractivity contribution < 1.29 is 4.39 Å². The quantitative estimate of drug-likeness (QED) is 0.865. The molecule has 0 N–H and O–H groups in total. The zero-order valence-corrected chi connectivity index (χ0v) is 11.9. The number of rotatable bonds is 3. The van der Waals surface area contributed by atoms with Crippen molar-refractivity contribution in [1.82, 2.24) is 9.13 Å². The van der Waals surface area contributed by atoms with Crippen molar-refractivity contribution >= 4 is 15.9 Å². The molecule has 0 bridgehead atoms. The van der Waals surface area contributed by atoms with Crippen LogP contribution in [0.1, 0.15) is 12.5 Å². The summed E-state index contributed by atoms with van der Waals surface area (Å²) in [6.45, 7) is 2.44. The molecule has 0 aliphatic carbocycles. The van der Waals surface area contributed by atoms with Gasteiger partial charge in [-0.05, 0) is 40.5 Å². The molecular formula is C13H12BrFN2O2. The lowest BCUT2D eigenvalue weighted by molar-refractivity contribution is 0.596. The van der Waals surface area contributed by atoms with Crippen molar-refractivity contribution in [2.75, 3.05) is 0 Å². The van der Waals surface area contributed by atoms with E-state index in [1.165, 1.54) is 22.9 Å². The minimum absolute atomic E-state index is 0.122. The fourth-order valence-corrected chi connectivity index (χ4v) is 2.19.